The Bertz CT molecular complexity index is 529. The molecule has 0 aliphatic carbocycles. The van der Waals surface area contributed by atoms with Crippen LogP contribution in [0.25, 0.3) is 0 Å². The number of nitrogen functional groups attached to an aromatic ring is 1. The second-order valence-corrected chi connectivity index (χ2v) is 4.17. The summed E-state index contributed by atoms with van der Waals surface area (Å²) in [6.07, 6.45) is 4.71. The smallest absolute Gasteiger partial charge is 0.142 e. The Balaban J connectivity index is 2.13. The van der Waals surface area contributed by atoms with Crippen molar-refractivity contribution in [2.24, 2.45) is 0 Å². The van der Waals surface area contributed by atoms with Crippen LogP contribution in [0.1, 0.15) is 11.1 Å². The summed E-state index contributed by atoms with van der Waals surface area (Å²) in [6, 6.07) is 6.58. The summed E-state index contributed by atoms with van der Waals surface area (Å²) >= 11 is 5.88. The predicted octanol–water partition coefficient (Wildman–Crippen LogP) is 3.24. The van der Waals surface area contributed by atoms with Crippen LogP contribution < -0.4 is 5.73 Å². The highest BCUT2D eigenvalue weighted by Gasteiger charge is 2.06. The molecule has 17 heavy (non-hydrogen) atoms. The first-order chi connectivity index (χ1) is 8.18. The van der Waals surface area contributed by atoms with Crippen molar-refractivity contribution in [1.82, 2.24) is 4.98 Å². The molecule has 2 aromatic rings. The Morgan fingerprint density at radius 3 is 2.71 bits per heavy atom. The van der Waals surface area contributed by atoms with Crippen molar-refractivity contribution in [3.05, 3.63) is 58.6 Å². The minimum absolute atomic E-state index is 0.190. The molecule has 0 spiro atoms. The first-order valence-corrected chi connectivity index (χ1v) is 5.67. The number of hydrogen-bond donors (Lipinski definition) is 1. The van der Waals surface area contributed by atoms with E-state index in [9.17, 15) is 4.39 Å². The molecule has 2 rings (SSSR count). The number of pyridine rings is 1. The van der Waals surface area contributed by atoms with Crippen molar-refractivity contribution >= 4 is 17.3 Å². The highest BCUT2D eigenvalue weighted by molar-refractivity contribution is 6.31. The minimum atomic E-state index is -0.386. The van der Waals surface area contributed by atoms with Gasteiger partial charge in [0.1, 0.15) is 5.82 Å². The van der Waals surface area contributed by atoms with Gasteiger partial charge in [-0.05, 0) is 36.1 Å². The topological polar surface area (TPSA) is 38.9 Å². The average molecular weight is 251 g/mol. The average Bonchev–Trinajstić information content (AvgIpc) is 2.33. The van der Waals surface area contributed by atoms with Crippen LogP contribution in [0.2, 0.25) is 5.02 Å². The van der Waals surface area contributed by atoms with Crippen molar-refractivity contribution in [2.75, 3.05) is 5.73 Å². The molecule has 0 aliphatic rings. The molecule has 4 heteroatoms. The fraction of sp³-hybridized carbons (Fsp3) is 0.154. The Kier molecular flexibility index (Phi) is 3.59. The number of nitrogens with two attached hydrogens (primary N) is 1. The molecule has 88 valence electrons. The molecule has 0 bridgehead atoms. The Hall–Kier alpha value is -1.61. The van der Waals surface area contributed by atoms with Gasteiger partial charge in [-0.15, -0.1) is 0 Å². The maximum Gasteiger partial charge on any atom is 0.142 e. The van der Waals surface area contributed by atoms with E-state index in [0.29, 0.717) is 18.5 Å². The number of rotatable bonds is 3. The Morgan fingerprint density at radius 2 is 1.94 bits per heavy atom. The molecule has 0 aliphatic heterocycles. The van der Waals surface area contributed by atoms with Crippen LogP contribution >= 0.6 is 11.6 Å². The number of aryl methyl sites for hydroxylation is 2. The summed E-state index contributed by atoms with van der Waals surface area (Å²) in [7, 11) is 0. The summed E-state index contributed by atoms with van der Waals surface area (Å²) in [5.41, 5.74) is 8.25. The van der Waals surface area contributed by atoms with Gasteiger partial charge in [-0.1, -0.05) is 23.7 Å². The van der Waals surface area contributed by atoms with Gasteiger partial charge in [-0.2, -0.15) is 0 Å². The molecule has 1 aromatic heterocycles. The van der Waals surface area contributed by atoms with Crippen molar-refractivity contribution in [2.45, 2.75) is 12.8 Å². The zero-order valence-corrected chi connectivity index (χ0v) is 9.91. The van der Waals surface area contributed by atoms with Crippen LogP contribution in [0.5, 0.6) is 0 Å². The standard InChI is InChI=1S/C13H12ClFN2/c14-13-9(2-1-3-11(13)15)4-5-10-8-17-7-6-12(10)16/h1-3,6-8H,4-5H2,(H2,16,17). The summed E-state index contributed by atoms with van der Waals surface area (Å²) in [5, 5.41) is 0.190. The number of nitrogens with zero attached hydrogens (tertiary/aromatic N) is 1. The van der Waals surface area contributed by atoms with Gasteiger partial charge in [0, 0.05) is 18.1 Å². The minimum Gasteiger partial charge on any atom is -0.398 e. The van der Waals surface area contributed by atoms with E-state index in [2.05, 4.69) is 4.98 Å². The lowest BCUT2D eigenvalue weighted by Crippen LogP contribution is -1.98. The zero-order chi connectivity index (χ0) is 12.3. The molecule has 1 heterocycles. The van der Waals surface area contributed by atoms with Gasteiger partial charge in [0.05, 0.1) is 5.02 Å². The van der Waals surface area contributed by atoms with E-state index < -0.39 is 0 Å². The maximum absolute atomic E-state index is 13.2. The predicted molar refractivity (Wildman–Crippen MR) is 67.5 cm³/mol. The molecule has 0 amide bonds. The van der Waals surface area contributed by atoms with Gasteiger partial charge in [-0.25, -0.2) is 4.39 Å². The highest BCUT2D eigenvalue weighted by Crippen LogP contribution is 2.22. The summed E-state index contributed by atoms with van der Waals surface area (Å²) in [6.45, 7) is 0. The summed E-state index contributed by atoms with van der Waals surface area (Å²) in [4.78, 5) is 4.01. The first kappa shape index (κ1) is 11.9. The maximum atomic E-state index is 13.2. The van der Waals surface area contributed by atoms with Crippen molar-refractivity contribution in [1.29, 1.82) is 0 Å². The van der Waals surface area contributed by atoms with Crippen molar-refractivity contribution in [3.63, 3.8) is 0 Å². The van der Waals surface area contributed by atoms with Crippen LogP contribution in [-0.4, -0.2) is 4.98 Å². The first-order valence-electron chi connectivity index (χ1n) is 5.29. The van der Waals surface area contributed by atoms with Gasteiger partial charge >= 0.3 is 0 Å². The number of benzene rings is 1. The van der Waals surface area contributed by atoms with Crippen molar-refractivity contribution < 1.29 is 4.39 Å². The van der Waals surface area contributed by atoms with E-state index in [1.807, 2.05) is 6.07 Å². The fourth-order valence-electron chi connectivity index (χ4n) is 1.66. The highest BCUT2D eigenvalue weighted by atomic mass is 35.5. The number of anilines is 1. The molecular formula is C13H12ClFN2. The van der Waals surface area contributed by atoms with Gasteiger partial charge in [0.25, 0.3) is 0 Å². The van der Waals surface area contributed by atoms with Crippen LogP contribution in [0.15, 0.2) is 36.7 Å². The van der Waals surface area contributed by atoms with Crippen LogP contribution in [0.3, 0.4) is 0 Å². The largest absolute Gasteiger partial charge is 0.398 e. The SMILES string of the molecule is Nc1ccncc1CCc1cccc(F)c1Cl. The van der Waals surface area contributed by atoms with E-state index in [1.54, 1.807) is 24.5 Å². The molecule has 2 N–H and O–H groups in total. The molecule has 1 aromatic carbocycles. The Morgan fingerprint density at radius 1 is 1.18 bits per heavy atom. The monoisotopic (exact) mass is 250 g/mol. The third kappa shape index (κ3) is 2.74. The second kappa shape index (κ2) is 5.15. The van der Waals surface area contributed by atoms with E-state index in [0.717, 1.165) is 11.1 Å². The van der Waals surface area contributed by atoms with E-state index in [4.69, 9.17) is 17.3 Å². The molecule has 0 saturated heterocycles. The van der Waals surface area contributed by atoms with E-state index >= 15 is 0 Å². The summed E-state index contributed by atoms with van der Waals surface area (Å²) < 4.78 is 13.2. The van der Waals surface area contributed by atoms with E-state index in [1.165, 1.54) is 6.07 Å². The van der Waals surface area contributed by atoms with Crippen molar-refractivity contribution in [3.8, 4) is 0 Å². The molecular weight excluding hydrogens is 239 g/mol. The van der Waals surface area contributed by atoms with Gasteiger partial charge in [-0.3, -0.25) is 4.98 Å². The van der Waals surface area contributed by atoms with Crippen LogP contribution in [0, 0.1) is 5.82 Å². The molecule has 0 unspecified atom stereocenters. The normalized spacial score (nSPS) is 10.5. The molecule has 0 radical (unpaired) electrons. The Labute approximate surface area is 104 Å². The molecule has 0 atom stereocenters. The number of halogens is 2. The quantitative estimate of drug-likeness (QED) is 0.908. The fourth-order valence-corrected chi connectivity index (χ4v) is 1.88. The number of aromatic nitrogens is 1. The van der Waals surface area contributed by atoms with Crippen LogP contribution in [0.4, 0.5) is 10.1 Å². The van der Waals surface area contributed by atoms with Gasteiger partial charge in [0.15, 0.2) is 0 Å². The molecule has 0 fully saturated rings. The van der Waals surface area contributed by atoms with Crippen LogP contribution in [-0.2, 0) is 12.8 Å². The lowest BCUT2D eigenvalue weighted by molar-refractivity contribution is 0.625. The van der Waals surface area contributed by atoms with E-state index in [-0.39, 0.29) is 10.8 Å². The van der Waals surface area contributed by atoms with Gasteiger partial charge < -0.3 is 5.73 Å². The number of hydrogen-bond acceptors (Lipinski definition) is 2. The zero-order valence-electron chi connectivity index (χ0n) is 9.16. The molecule has 2 nitrogen and oxygen atoms in total. The lowest BCUT2D eigenvalue weighted by atomic mass is 10.0. The second-order valence-electron chi connectivity index (χ2n) is 3.79. The molecule has 0 saturated carbocycles. The third-order valence-corrected chi connectivity index (χ3v) is 3.06. The lowest BCUT2D eigenvalue weighted by Gasteiger charge is -2.06. The van der Waals surface area contributed by atoms with Gasteiger partial charge in [0.2, 0.25) is 0 Å². The summed E-state index contributed by atoms with van der Waals surface area (Å²) in [5.74, 6) is -0.386. The third-order valence-electron chi connectivity index (χ3n) is 2.64.